The standard InChI is InChI=1S/C12H22N2O3SSi/c1-19(2,3)9-4-11(15)14-12(10-13)5-7-18(16,17)8-6-12/h4-9H2,1-3H3,(H,14,15). The van der Waals surface area contributed by atoms with Gasteiger partial charge in [0, 0.05) is 14.5 Å². The Hall–Kier alpha value is -0.873. The molecule has 0 bridgehead atoms. The molecule has 0 saturated carbocycles. The van der Waals surface area contributed by atoms with E-state index in [0.717, 1.165) is 6.04 Å². The van der Waals surface area contributed by atoms with Crippen molar-refractivity contribution in [1.29, 1.82) is 5.26 Å². The van der Waals surface area contributed by atoms with Crippen LogP contribution < -0.4 is 5.32 Å². The van der Waals surface area contributed by atoms with Crippen LogP contribution in [0.3, 0.4) is 0 Å². The Balaban J connectivity index is 2.59. The van der Waals surface area contributed by atoms with Crippen LogP contribution in [0, 0.1) is 11.3 Å². The number of hydrogen-bond acceptors (Lipinski definition) is 4. The highest BCUT2D eigenvalue weighted by Gasteiger charge is 2.38. The second kappa shape index (κ2) is 5.63. The van der Waals surface area contributed by atoms with Crippen LogP contribution in [-0.4, -0.2) is 39.4 Å². The van der Waals surface area contributed by atoms with Crippen LogP contribution in [0.1, 0.15) is 19.3 Å². The van der Waals surface area contributed by atoms with E-state index in [1.165, 1.54) is 0 Å². The largest absolute Gasteiger partial charge is 0.338 e. The third kappa shape index (κ3) is 5.33. The van der Waals surface area contributed by atoms with Gasteiger partial charge in [-0.3, -0.25) is 4.79 Å². The summed E-state index contributed by atoms with van der Waals surface area (Å²) in [6.07, 6.45) is 0.820. The first-order valence-electron chi connectivity index (χ1n) is 6.50. The third-order valence-electron chi connectivity index (χ3n) is 3.37. The Morgan fingerprint density at radius 3 is 2.26 bits per heavy atom. The predicted molar refractivity (Wildman–Crippen MR) is 77.1 cm³/mol. The Labute approximate surface area is 116 Å². The minimum Gasteiger partial charge on any atom is -0.338 e. The number of amides is 1. The van der Waals surface area contributed by atoms with Gasteiger partial charge < -0.3 is 5.32 Å². The summed E-state index contributed by atoms with van der Waals surface area (Å²) in [5.41, 5.74) is -0.984. The Bertz CT molecular complexity index is 474. The molecule has 5 nitrogen and oxygen atoms in total. The fourth-order valence-electron chi connectivity index (χ4n) is 1.97. The zero-order chi connectivity index (χ0) is 14.7. The van der Waals surface area contributed by atoms with Crippen LogP contribution in [0.2, 0.25) is 25.7 Å². The van der Waals surface area contributed by atoms with E-state index in [-0.39, 0.29) is 30.3 Å². The number of nitriles is 1. The third-order valence-corrected chi connectivity index (χ3v) is 6.78. The summed E-state index contributed by atoms with van der Waals surface area (Å²) in [5.74, 6) is -0.174. The van der Waals surface area contributed by atoms with Crippen molar-refractivity contribution in [3.05, 3.63) is 0 Å². The van der Waals surface area contributed by atoms with Crippen molar-refractivity contribution in [2.45, 2.75) is 50.5 Å². The van der Waals surface area contributed by atoms with E-state index in [2.05, 4.69) is 31.0 Å². The molecule has 1 heterocycles. The van der Waals surface area contributed by atoms with E-state index in [1.807, 2.05) is 0 Å². The second-order valence-corrected chi connectivity index (χ2v) is 14.4. The van der Waals surface area contributed by atoms with Gasteiger partial charge in [0.15, 0.2) is 9.84 Å². The quantitative estimate of drug-likeness (QED) is 0.793. The lowest BCUT2D eigenvalue weighted by Crippen LogP contribution is -2.52. The second-order valence-electron chi connectivity index (χ2n) is 6.45. The fraction of sp³-hybridized carbons (Fsp3) is 0.833. The number of carbonyl (C=O) groups excluding carboxylic acids is 1. The van der Waals surface area contributed by atoms with E-state index in [0.29, 0.717) is 6.42 Å². The number of hydrogen-bond donors (Lipinski definition) is 1. The van der Waals surface area contributed by atoms with Gasteiger partial charge in [-0.05, 0) is 18.9 Å². The SMILES string of the molecule is C[Si](C)(C)CCC(=O)NC1(C#N)CCS(=O)(=O)CC1. The average molecular weight is 302 g/mol. The lowest BCUT2D eigenvalue weighted by molar-refractivity contribution is -0.122. The van der Waals surface area contributed by atoms with Crippen molar-refractivity contribution < 1.29 is 13.2 Å². The van der Waals surface area contributed by atoms with Gasteiger partial charge in [0.1, 0.15) is 5.54 Å². The first-order chi connectivity index (χ1) is 8.58. The predicted octanol–water partition coefficient (Wildman–Crippen LogP) is 1.30. The molecule has 0 radical (unpaired) electrons. The molecule has 1 fully saturated rings. The molecule has 0 aliphatic carbocycles. The van der Waals surface area contributed by atoms with Gasteiger partial charge in [-0.25, -0.2) is 8.42 Å². The van der Waals surface area contributed by atoms with E-state index in [4.69, 9.17) is 0 Å². The van der Waals surface area contributed by atoms with Gasteiger partial charge in [-0.2, -0.15) is 5.26 Å². The summed E-state index contributed by atoms with van der Waals surface area (Å²) in [7, 11) is -4.31. The van der Waals surface area contributed by atoms with Crippen molar-refractivity contribution in [3.63, 3.8) is 0 Å². The minimum atomic E-state index is -3.03. The molecule has 19 heavy (non-hydrogen) atoms. The van der Waals surface area contributed by atoms with Gasteiger partial charge in [0.25, 0.3) is 0 Å². The lowest BCUT2D eigenvalue weighted by atomic mass is 9.94. The van der Waals surface area contributed by atoms with E-state index >= 15 is 0 Å². The molecular weight excluding hydrogens is 280 g/mol. The molecule has 0 spiro atoms. The van der Waals surface area contributed by atoms with Crippen molar-refractivity contribution in [2.24, 2.45) is 0 Å². The van der Waals surface area contributed by atoms with E-state index in [1.54, 1.807) is 0 Å². The van der Waals surface area contributed by atoms with Crippen LogP contribution in [-0.2, 0) is 14.6 Å². The van der Waals surface area contributed by atoms with Crippen molar-refractivity contribution in [2.75, 3.05) is 11.5 Å². The molecule has 0 aromatic heterocycles. The van der Waals surface area contributed by atoms with Crippen molar-refractivity contribution in [3.8, 4) is 6.07 Å². The van der Waals surface area contributed by atoms with Crippen LogP contribution in [0.25, 0.3) is 0 Å². The average Bonchev–Trinajstić information content (AvgIpc) is 2.29. The van der Waals surface area contributed by atoms with Crippen LogP contribution in [0.5, 0.6) is 0 Å². The van der Waals surface area contributed by atoms with Crippen LogP contribution >= 0.6 is 0 Å². The highest BCUT2D eigenvalue weighted by atomic mass is 32.2. The van der Waals surface area contributed by atoms with Crippen molar-refractivity contribution in [1.82, 2.24) is 5.32 Å². The Morgan fingerprint density at radius 2 is 1.84 bits per heavy atom. The Morgan fingerprint density at radius 1 is 1.32 bits per heavy atom. The topological polar surface area (TPSA) is 87.0 Å². The summed E-state index contributed by atoms with van der Waals surface area (Å²) in [4.78, 5) is 11.9. The number of rotatable bonds is 4. The molecule has 108 valence electrons. The van der Waals surface area contributed by atoms with Crippen molar-refractivity contribution >= 4 is 23.8 Å². The number of nitrogens with zero attached hydrogens (tertiary/aromatic N) is 1. The maximum Gasteiger partial charge on any atom is 0.220 e. The summed E-state index contributed by atoms with van der Waals surface area (Å²) >= 11 is 0. The molecule has 1 N–H and O–H groups in total. The summed E-state index contributed by atoms with van der Waals surface area (Å²) in [6.45, 7) is 6.56. The molecule has 0 atom stereocenters. The zero-order valence-corrected chi connectivity index (χ0v) is 13.6. The number of nitrogens with one attached hydrogen (secondary N) is 1. The lowest BCUT2D eigenvalue weighted by Gasteiger charge is -2.31. The smallest absolute Gasteiger partial charge is 0.220 e. The molecule has 1 saturated heterocycles. The minimum absolute atomic E-state index is 0.0190. The van der Waals surface area contributed by atoms with Gasteiger partial charge in [-0.1, -0.05) is 19.6 Å². The molecule has 0 unspecified atom stereocenters. The molecule has 1 aliphatic rings. The fourth-order valence-corrected chi connectivity index (χ4v) is 4.47. The monoisotopic (exact) mass is 302 g/mol. The van der Waals surface area contributed by atoms with E-state index in [9.17, 15) is 18.5 Å². The van der Waals surface area contributed by atoms with Crippen LogP contribution in [0.4, 0.5) is 0 Å². The maximum atomic E-state index is 11.9. The molecule has 1 rings (SSSR count). The molecule has 1 aliphatic heterocycles. The summed E-state index contributed by atoms with van der Waals surface area (Å²) < 4.78 is 22.8. The molecular formula is C12H22N2O3SSi. The molecule has 1 amide bonds. The number of carbonyl (C=O) groups is 1. The highest BCUT2D eigenvalue weighted by Crippen LogP contribution is 2.23. The molecule has 7 heteroatoms. The molecule has 0 aromatic carbocycles. The van der Waals surface area contributed by atoms with Crippen LogP contribution in [0.15, 0.2) is 0 Å². The first kappa shape index (κ1) is 16.2. The number of sulfone groups is 1. The summed E-state index contributed by atoms with van der Waals surface area (Å²) in [5, 5.41) is 12.0. The van der Waals surface area contributed by atoms with Gasteiger partial charge in [-0.15, -0.1) is 0 Å². The van der Waals surface area contributed by atoms with Gasteiger partial charge >= 0.3 is 0 Å². The van der Waals surface area contributed by atoms with Gasteiger partial charge in [0.2, 0.25) is 5.91 Å². The summed E-state index contributed by atoms with van der Waals surface area (Å²) in [6, 6.07) is 2.97. The highest BCUT2D eigenvalue weighted by molar-refractivity contribution is 7.91. The zero-order valence-electron chi connectivity index (χ0n) is 11.8. The maximum absolute atomic E-state index is 11.9. The normalized spacial score (nSPS) is 21.4. The van der Waals surface area contributed by atoms with E-state index < -0.39 is 23.5 Å². The van der Waals surface area contributed by atoms with Gasteiger partial charge in [0.05, 0.1) is 17.6 Å². The molecule has 0 aromatic rings. The Kier molecular flexibility index (Phi) is 4.80. The first-order valence-corrected chi connectivity index (χ1v) is 12.0.